The van der Waals surface area contributed by atoms with Gasteiger partial charge in [-0.25, -0.2) is 9.78 Å². The van der Waals surface area contributed by atoms with Crippen LogP contribution in [0.3, 0.4) is 0 Å². The molecule has 0 aliphatic heterocycles. The van der Waals surface area contributed by atoms with E-state index in [9.17, 15) is 9.59 Å². The molecule has 0 spiro atoms. The number of amides is 1. The Bertz CT molecular complexity index is 1020. The molecule has 0 unspecified atom stereocenters. The van der Waals surface area contributed by atoms with Gasteiger partial charge in [0, 0.05) is 16.8 Å². The Balaban J connectivity index is 1.61. The second kappa shape index (κ2) is 10.8. The van der Waals surface area contributed by atoms with E-state index in [1.54, 1.807) is 42.1 Å². The lowest BCUT2D eigenvalue weighted by Crippen LogP contribution is -2.21. The summed E-state index contributed by atoms with van der Waals surface area (Å²) in [6, 6.07) is 19.5. The minimum absolute atomic E-state index is 0.111. The second-order valence-corrected chi connectivity index (χ2v) is 7.05. The van der Waals surface area contributed by atoms with Gasteiger partial charge in [0.05, 0.1) is 5.69 Å². The van der Waals surface area contributed by atoms with Crippen LogP contribution in [-0.2, 0) is 9.53 Å². The molecule has 7 heteroatoms. The van der Waals surface area contributed by atoms with E-state index < -0.39 is 18.5 Å². The van der Waals surface area contributed by atoms with E-state index >= 15 is 0 Å². The first-order valence-corrected chi connectivity index (χ1v) is 10.1. The molecule has 30 heavy (non-hydrogen) atoms. The van der Waals surface area contributed by atoms with Gasteiger partial charge in [-0.3, -0.25) is 4.79 Å². The number of ether oxygens (including phenoxy) is 2. The van der Waals surface area contributed by atoms with Crippen molar-refractivity contribution in [2.24, 2.45) is 0 Å². The number of para-hydroxylation sites is 2. The van der Waals surface area contributed by atoms with Crippen LogP contribution in [0.15, 0.2) is 90.5 Å². The highest BCUT2D eigenvalue weighted by Gasteiger charge is 2.17. The fraction of sp³-hybridized carbons (Fsp3) is 0.0870. The number of aromatic nitrogens is 1. The standard InChI is InChI=1S/C23H20N2O4S/c1-2-15-30-20-13-7-6-12-19(20)25-21(26)16-28-23(27)18-11-8-14-24-22(18)29-17-9-4-3-5-10-17/h2-14H,1,15-16H2,(H,25,26). The summed E-state index contributed by atoms with van der Waals surface area (Å²) in [4.78, 5) is 29.8. The summed E-state index contributed by atoms with van der Waals surface area (Å²) in [5, 5.41) is 2.76. The van der Waals surface area contributed by atoms with Gasteiger partial charge in [0.15, 0.2) is 6.61 Å². The number of rotatable bonds is 9. The number of carbonyl (C=O) groups is 2. The van der Waals surface area contributed by atoms with Crippen LogP contribution in [0.1, 0.15) is 10.4 Å². The van der Waals surface area contributed by atoms with E-state index in [2.05, 4.69) is 16.9 Å². The Labute approximate surface area is 178 Å². The highest BCUT2D eigenvalue weighted by Crippen LogP contribution is 2.27. The van der Waals surface area contributed by atoms with Crippen LogP contribution in [0, 0.1) is 0 Å². The molecule has 6 nitrogen and oxygen atoms in total. The van der Waals surface area contributed by atoms with E-state index in [-0.39, 0.29) is 11.4 Å². The summed E-state index contributed by atoms with van der Waals surface area (Å²) in [7, 11) is 0. The topological polar surface area (TPSA) is 77.5 Å². The normalized spacial score (nSPS) is 10.1. The molecular weight excluding hydrogens is 400 g/mol. The average Bonchev–Trinajstić information content (AvgIpc) is 2.78. The van der Waals surface area contributed by atoms with Crippen molar-refractivity contribution < 1.29 is 19.1 Å². The predicted molar refractivity (Wildman–Crippen MR) is 117 cm³/mol. The van der Waals surface area contributed by atoms with Gasteiger partial charge in [-0.05, 0) is 36.4 Å². The fourth-order valence-corrected chi connectivity index (χ4v) is 3.21. The first-order valence-electron chi connectivity index (χ1n) is 9.15. The Morgan fingerprint density at radius 2 is 1.80 bits per heavy atom. The molecule has 0 aliphatic rings. The summed E-state index contributed by atoms with van der Waals surface area (Å²) in [6.07, 6.45) is 3.30. The molecule has 3 aromatic rings. The molecule has 1 N–H and O–H groups in total. The number of pyridine rings is 1. The van der Waals surface area contributed by atoms with E-state index in [1.165, 1.54) is 12.3 Å². The Morgan fingerprint density at radius 1 is 1.03 bits per heavy atom. The summed E-state index contributed by atoms with van der Waals surface area (Å²) in [5.41, 5.74) is 0.788. The van der Waals surface area contributed by atoms with Crippen LogP contribution in [-0.4, -0.2) is 29.2 Å². The SMILES string of the molecule is C=CCSc1ccccc1NC(=O)COC(=O)c1cccnc1Oc1ccccc1. The summed E-state index contributed by atoms with van der Waals surface area (Å²) in [6.45, 7) is 3.26. The van der Waals surface area contributed by atoms with Gasteiger partial charge in [-0.2, -0.15) is 0 Å². The number of thioether (sulfide) groups is 1. The molecule has 0 saturated heterocycles. The van der Waals surface area contributed by atoms with Crippen LogP contribution in [0.2, 0.25) is 0 Å². The highest BCUT2D eigenvalue weighted by atomic mass is 32.2. The Hall–Kier alpha value is -3.58. The molecule has 1 aromatic heterocycles. The minimum atomic E-state index is -0.696. The zero-order valence-corrected chi connectivity index (χ0v) is 16.9. The average molecular weight is 420 g/mol. The largest absolute Gasteiger partial charge is 0.452 e. The maximum Gasteiger partial charge on any atom is 0.344 e. The third kappa shape index (κ3) is 5.96. The van der Waals surface area contributed by atoms with Crippen molar-refractivity contribution >= 4 is 29.3 Å². The molecule has 0 atom stereocenters. The number of benzene rings is 2. The van der Waals surface area contributed by atoms with Crippen molar-refractivity contribution in [3.05, 3.63) is 91.1 Å². The van der Waals surface area contributed by atoms with Gasteiger partial charge in [0.25, 0.3) is 5.91 Å². The molecule has 0 aliphatic carbocycles. The molecular formula is C23H20N2O4S. The summed E-state index contributed by atoms with van der Waals surface area (Å²) >= 11 is 1.55. The van der Waals surface area contributed by atoms with Gasteiger partial charge < -0.3 is 14.8 Å². The molecule has 1 heterocycles. The number of hydrogen-bond acceptors (Lipinski definition) is 6. The van der Waals surface area contributed by atoms with Crippen molar-refractivity contribution in [2.75, 3.05) is 17.7 Å². The second-order valence-electron chi connectivity index (χ2n) is 5.99. The summed E-state index contributed by atoms with van der Waals surface area (Å²) in [5.74, 6) is 0.229. The lowest BCUT2D eigenvalue weighted by Gasteiger charge is -2.11. The van der Waals surface area contributed by atoms with Gasteiger partial charge in [0.2, 0.25) is 5.88 Å². The molecule has 0 fully saturated rings. The minimum Gasteiger partial charge on any atom is -0.452 e. The molecule has 152 valence electrons. The van der Waals surface area contributed by atoms with Gasteiger partial charge >= 0.3 is 5.97 Å². The first kappa shape index (κ1) is 21.1. The first-order chi connectivity index (χ1) is 14.7. The highest BCUT2D eigenvalue weighted by molar-refractivity contribution is 7.99. The zero-order chi connectivity index (χ0) is 21.2. The van der Waals surface area contributed by atoms with E-state index in [0.29, 0.717) is 17.2 Å². The molecule has 0 bridgehead atoms. The van der Waals surface area contributed by atoms with E-state index in [1.807, 2.05) is 36.4 Å². The lowest BCUT2D eigenvalue weighted by molar-refractivity contribution is -0.119. The third-order valence-corrected chi connectivity index (χ3v) is 4.87. The van der Waals surface area contributed by atoms with Crippen LogP contribution in [0.25, 0.3) is 0 Å². The Kier molecular flexibility index (Phi) is 7.63. The molecule has 0 radical (unpaired) electrons. The monoisotopic (exact) mass is 420 g/mol. The van der Waals surface area contributed by atoms with Crippen molar-refractivity contribution in [1.29, 1.82) is 0 Å². The number of esters is 1. The number of anilines is 1. The fourth-order valence-electron chi connectivity index (χ4n) is 2.47. The smallest absolute Gasteiger partial charge is 0.344 e. The van der Waals surface area contributed by atoms with Crippen LogP contribution in [0.4, 0.5) is 5.69 Å². The lowest BCUT2D eigenvalue weighted by atomic mass is 10.2. The van der Waals surface area contributed by atoms with Gasteiger partial charge in [-0.1, -0.05) is 36.4 Å². The van der Waals surface area contributed by atoms with Crippen LogP contribution >= 0.6 is 11.8 Å². The maximum atomic E-state index is 12.5. The Morgan fingerprint density at radius 3 is 2.60 bits per heavy atom. The van der Waals surface area contributed by atoms with Crippen LogP contribution in [0.5, 0.6) is 11.6 Å². The predicted octanol–water partition coefficient (Wildman–Crippen LogP) is 4.95. The van der Waals surface area contributed by atoms with E-state index in [4.69, 9.17) is 9.47 Å². The number of hydrogen-bond donors (Lipinski definition) is 1. The maximum absolute atomic E-state index is 12.5. The molecule has 3 rings (SSSR count). The quantitative estimate of drug-likeness (QED) is 0.300. The van der Waals surface area contributed by atoms with Crippen molar-refractivity contribution in [1.82, 2.24) is 4.98 Å². The van der Waals surface area contributed by atoms with Crippen molar-refractivity contribution in [2.45, 2.75) is 4.90 Å². The van der Waals surface area contributed by atoms with Gasteiger partial charge in [0.1, 0.15) is 11.3 Å². The van der Waals surface area contributed by atoms with Crippen LogP contribution < -0.4 is 10.1 Å². The third-order valence-electron chi connectivity index (χ3n) is 3.80. The number of nitrogens with zero attached hydrogens (tertiary/aromatic N) is 1. The summed E-state index contributed by atoms with van der Waals surface area (Å²) < 4.78 is 10.8. The molecule has 1 amide bonds. The van der Waals surface area contributed by atoms with Crippen molar-refractivity contribution in [3.63, 3.8) is 0 Å². The van der Waals surface area contributed by atoms with E-state index in [0.717, 1.165) is 4.90 Å². The number of carbonyl (C=O) groups excluding carboxylic acids is 2. The zero-order valence-electron chi connectivity index (χ0n) is 16.1. The number of nitrogens with one attached hydrogen (secondary N) is 1. The molecule has 0 saturated carbocycles. The van der Waals surface area contributed by atoms with Crippen molar-refractivity contribution in [3.8, 4) is 11.6 Å². The molecule has 2 aromatic carbocycles. The van der Waals surface area contributed by atoms with Gasteiger partial charge in [-0.15, -0.1) is 18.3 Å².